The second kappa shape index (κ2) is 14.0. The van der Waals surface area contributed by atoms with Gasteiger partial charge >= 0.3 is 12.2 Å². The first-order valence-corrected chi connectivity index (χ1v) is 5.50. The number of methoxy groups -OCH3 is 1. The van der Waals surface area contributed by atoms with Crippen LogP contribution in [0.15, 0.2) is 0 Å². The van der Waals surface area contributed by atoms with E-state index in [0.717, 1.165) is 6.42 Å². The highest BCUT2D eigenvalue weighted by atomic mass is 16.6. The van der Waals surface area contributed by atoms with Crippen LogP contribution in [-0.4, -0.2) is 45.0 Å². The molecule has 1 unspecified atom stereocenters. The number of hydrogen-bond acceptors (Lipinski definition) is 6. The summed E-state index contributed by atoms with van der Waals surface area (Å²) in [5.74, 6) is 0. The SMILES string of the molecule is COC(CCCCOC(N)=O)COC(N)=O.NC=O. The van der Waals surface area contributed by atoms with Gasteiger partial charge in [0.1, 0.15) is 6.61 Å². The summed E-state index contributed by atoms with van der Waals surface area (Å²) < 4.78 is 14.2. The van der Waals surface area contributed by atoms with Crippen molar-refractivity contribution < 1.29 is 28.6 Å². The molecule has 0 aromatic carbocycles. The Labute approximate surface area is 111 Å². The molecule has 0 bridgehead atoms. The summed E-state index contributed by atoms with van der Waals surface area (Å²) in [6.45, 7) is 0.408. The number of hydrogen-bond donors (Lipinski definition) is 3. The van der Waals surface area contributed by atoms with E-state index in [-0.39, 0.29) is 25.7 Å². The molecular weight excluding hydrogens is 258 g/mol. The first-order chi connectivity index (χ1) is 8.97. The Kier molecular flexibility index (Phi) is 14.3. The van der Waals surface area contributed by atoms with E-state index in [1.54, 1.807) is 0 Å². The topological polar surface area (TPSA) is 157 Å². The maximum absolute atomic E-state index is 10.3. The number of primary amides is 3. The lowest BCUT2D eigenvalue weighted by Crippen LogP contribution is -2.24. The Hall–Kier alpha value is -2.03. The Morgan fingerprint density at radius 3 is 2.11 bits per heavy atom. The lowest BCUT2D eigenvalue weighted by atomic mass is 10.1. The standard InChI is InChI=1S/C9H18N2O5.CH3NO/c1-14-7(6-16-9(11)13)4-2-3-5-15-8(10)12;2-1-3/h7H,2-6H2,1H3,(H2,10,12)(H2,11,13);1H,(H2,2,3). The number of ether oxygens (including phenoxy) is 3. The lowest BCUT2D eigenvalue weighted by molar-refractivity contribution is -0.106. The van der Waals surface area contributed by atoms with Gasteiger partial charge in [-0.05, 0) is 19.3 Å². The van der Waals surface area contributed by atoms with E-state index in [1.165, 1.54) is 7.11 Å². The molecule has 0 saturated carbocycles. The zero-order valence-corrected chi connectivity index (χ0v) is 10.9. The highest BCUT2D eigenvalue weighted by Gasteiger charge is 2.09. The largest absolute Gasteiger partial charge is 0.450 e. The number of carbonyl (C=O) groups is 3. The number of amides is 3. The third-order valence-corrected chi connectivity index (χ3v) is 1.91. The first kappa shape index (κ1) is 19.3. The van der Waals surface area contributed by atoms with Gasteiger partial charge in [-0.15, -0.1) is 0 Å². The summed E-state index contributed by atoms with van der Waals surface area (Å²) in [5.41, 5.74) is 13.8. The van der Waals surface area contributed by atoms with Gasteiger partial charge in [0.05, 0.1) is 12.7 Å². The van der Waals surface area contributed by atoms with Gasteiger partial charge in [-0.3, -0.25) is 4.79 Å². The van der Waals surface area contributed by atoms with Crippen LogP contribution in [-0.2, 0) is 19.0 Å². The van der Waals surface area contributed by atoms with Gasteiger partial charge in [0.2, 0.25) is 6.41 Å². The Morgan fingerprint density at radius 2 is 1.68 bits per heavy atom. The summed E-state index contributed by atoms with van der Waals surface area (Å²) >= 11 is 0. The van der Waals surface area contributed by atoms with Crippen molar-refractivity contribution in [2.24, 2.45) is 17.2 Å². The van der Waals surface area contributed by atoms with E-state index in [1.807, 2.05) is 0 Å². The minimum absolute atomic E-state index is 0.127. The number of nitrogens with two attached hydrogens (primary N) is 3. The van der Waals surface area contributed by atoms with Crippen LogP contribution in [0.5, 0.6) is 0 Å². The molecule has 0 fully saturated rings. The van der Waals surface area contributed by atoms with Crippen molar-refractivity contribution in [2.75, 3.05) is 20.3 Å². The Bertz CT molecular complexity index is 262. The van der Waals surface area contributed by atoms with E-state index < -0.39 is 12.2 Å². The second-order valence-electron chi connectivity index (χ2n) is 3.29. The lowest BCUT2D eigenvalue weighted by Gasteiger charge is -2.14. The molecule has 0 aliphatic heterocycles. The van der Waals surface area contributed by atoms with Crippen molar-refractivity contribution in [3.8, 4) is 0 Å². The van der Waals surface area contributed by atoms with Gasteiger partial charge in [0, 0.05) is 7.11 Å². The second-order valence-corrected chi connectivity index (χ2v) is 3.29. The van der Waals surface area contributed by atoms with Crippen LogP contribution in [0.25, 0.3) is 0 Å². The molecule has 0 spiro atoms. The van der Waals surface area contributed by atoms with Crippen molar-refractivity contribution in [1.29, 1.82) is 0 Å². The molecule has 0 aliphatic carbocycles. The van der Waals surface area contributed by atoms with Crippen LogP contribution in [0.3, 0.4) is 0 Å². The van der Waals surface area contributed by atoms with E-state index in [2.05, 4.69) is 15.2 Å². The average Bonchev–Trinajstić information content (AvgIpc) is 2.33. The molecular formula is C10H21N3O6. The number of unbranched alkanes of at least 4 members (excludes halogenated alkanes) is 1. The van der Waals surface area contributed by atoms with Crippen LogP contribution < -0.4 is 17.2 Å². The molecule has 0 heterocycles. The predicted molar refractivity (Wildman–Crippen MR) is 66.0 cm³/mol. The molecule has 0 aliphatic rings. The van der Waals surface area contributed by atoms with Crippen molar-refractivity contribution >= 4 is 18.6 Å². The summed E-state index contributed by atoms with van der Waals surface area (Å²) in [5, 5.41) is 0. The van der Waals surface area contributed by atoms with E-state index in [4.69, 9.17) is 21.0 Å². The maximum atomic E-state index is 10.3. The van der Waals surface area contributed by atoms with Gasteiger partial charge < -0.3 is 31.4 Å². The first-order valence-electron chi connectivity index (χ1n) is 5.50. The highest BCUT2D eigenvalue weighted by molar-refractivity contribution is 5.64. The molecule has 0 radical (unpaired) electrons. The highest BCUT2D eigenvalue weighted by Crippen LogP contribution is 2.05. The third-order valence-electron chi connectivity index (χ3n) is 1.91. The molecule has 0 aromatic heterocycles. The van der Waals surface area contributed by atoms with Gasteiger partial charge in [0.15, 0.2) is 0 Å². The number of carbonyl (C=O) groups excluding carboxylic acids is 3. The molecule has 6 N–H and O–H groups in total. The Morgan fingerprint density at radius 1 is 1.16 bits per heavy atom. The van der Waals surface area contributed by atoms with Crippen LogP contribution in [0.2, 0.25) is 0 Å². The fourth-order valence-corrected chi connectivity index (χ4v) is 1.09. The molecule has 0 aromatic rings. The predicted octanol–water partition coefficient (Wildman–Crippen LogP) is -0.536. The monoisotopic (exact) mass is 279 g/mol. The van der Waals surface area contributed by atoms with Crippen LogP contribution >= 0.6 is 0 Å². The molecule has 19 heavy (non-hydrogen) atoms. The van der Waals surface area contributed by atoms with Gasteiger partial charge in [-0.1, -0.05) is 0 Å². The summed E-state index contributed by atoms with van der Waals surface area (Å²) in [7, 11) is 1.52. The molecule has 1 atom stereocenters. The van der Waals surface area contributed by atoms with Gasteiger partial charge in [-0.2, -0.15) is 0 Å². The van der Waals surface area contributed by atoms with Crippen molar-refractivity contribution in [3.63, 3.8) is 0 Å². The van der Waals surface area contributed by atoms with E-state index >= 15 is 0 Å². The summed E-state index contributed by atoms with van der Waals surface area (Å²) in [6, 6.07) is 0. The molecule has 9 heteroatoms. The van der Waals surface area contributed by atoms with Gasteiger partial charge in [-0.25, -0.2) is 9.59 Å². The molecule has 112 valence electrons. The molecule has 3 amide bonds. The fraction of sp³-hybridized carbons (Fsp3) is 0.700. The smallest absolute Gasteiger partial charge is 0.404 e. The molecule has 9 nitrogen and oxygen atoms in total. The zero-order valence-electron chi connectivity index (χ0n) is 10.9. The normalized spacial score (nSPS) is 10.6. The maximum Gasteiger partial charge on any atom is 0.404 e. The zero-order chi connectivity index (χ0) is 15.1. The van der Waals surface area contributed by atoms with Crippen molar-refractivity contribution in [2.45, 2.75) is 25.4 Å². The molecule has 0 saturated heterocycles. The number of rotatable bonds is 8. The van der Waals surface area contributed by atoms with Crippen molar-refractivity contribution in [3.05, 3.63) is 0 Å². The fourth-order valence-electron chi connectivity index (χ4n) is 1.09. The van der Waals surface area contributed by atoms with Crippen LogP contribution in [0, 0.1) is 0 Å². The third kappa shape index (κ3) is 18.5. The van der Waals surface area contributed by atoms with Crippen LogP contribution in [0.1, 0.15) is 19.3 Å². The quantitative estimate of drug-likeness (QED) is 0.400. The minimum atomic E-state index is -0.820. The van der Waals surface area contributed by atoms with Crippen molar-refractivity contribution in [1.82, 2.24) is 0 Å². The summed E-state index contributed by atoms with van der Waals surface area (Å²) in [4.78, 5) is 29.2. The molecule has 0 rings (SSSR count). The average molecular weight is 279 g/mol. The van der Waals surface area contributed by atoms with E-state index in [0.29, 0.717) is 12.8 Å². The minimum Gasteiger partial charge on any atom is -0.450 e. The van der Waals surface area contributed by atoms with Gasteiger partial charge in [0.25, 0.3) is 0 Å². The summed E-state index contributed by atoms with van der Waals surface area (Å²) in [6.07, 6.45) is 0.597. The van der Waals surface area contributed by atoms with E-state index in [9.17, 15) is 9.59 Å². The Balaban J connectivity index is 0. The van der Waals surface area contributed by atoms with Crippen LogP contribution in [0.4, 0.5) is 9.59 Å².